The van der Waals surface area contributed by atoms with E-state index in [1.807, 2.05) is 13.8 Å². The summed E-state index contributed by atoms with van der Waals surface area (Å²) in [5.74, 6) is -0.372. The third-order valence-electron chi connectivity index (χ3n) is 4.45. The van der Waals surface area contributed by atoms with Gasteiger partial charge < -0.3 is 9.88 Å². The Bertz CT molecular complexity index is 987. The second kappa shape index (κ2) is 7.05. The lowest BCUT2D eigenvalue weighted by molar-refractivity contribution is -0.143. The summed E-state index contributed by atoms with van der Waals surface area (Å²) >= 11 is 0. The van der Waals surface area contributed by atoms with Gasteiger partial charge in [0.15, 0.2) is 0 Å². The Labute approximate surface area is 154 Å². The largest absolute Gasteiger partial charge is 0.431 e. The quantitative estimate of drug-likeness (QED) is 0.731. The first-order valence-corrected chi connectivity index (χ1v) is 8.57. The number of carbonyl (C=O) groups is 1. The molecule has 1 N–H and O–H groups in total. The van der Waals surface area contributed by atoms with E-state index >= 15 is 0 Å². The van der Waals surface area contributed by atoms with E-state index < -0.39 is 11.9 Å². The number of alkyl halides is 3. The van der Waals surface area contributed by atoms with Gasteiger partial charge in [0.05, 0.1) is 17.1 Å². The van der Waals surface area contributed by atoms with Gasteiger partial charge in [-0.3, -0.25) is 9.48 Å². The van der Waals surface area contributed by atoms with Gasteiger partial charge >= 0.3 is 6.18 Å². The summed E-state index contributed by atoms with van der Waals surface area (Å²) in [6, 6.07) is 4.20. The van der Waals surface area contributed by atoms with Crippen LogP contribution in [-0.4, -0.2) is 25.2 Å². The number of halogens is 3. The van der Waals surface area contributed by atoms with E-state index in [1.54, 1.807) is 23.7 Å². The third-order valence-corrected chi connectivity index (χ3v) is 4.45. The number of rotatable bonds is 5. The molecular formula is C18H20F3N5O. The van der Waals surface area contributed by atoms with Gasteiger partial charge in [0.1, 0.15) is 11.3 Å². The lowest BCUT2D eigenvalue weighted by Gasteiger charge is -2.12. The van der Waals surface area contributed by atoms with E-state index in [1.165, 1.54) is 6.20 Å². The van der Waals surface area contributed by atoms with E-state index in [4.69, 9.17) is 0 Å². The average molecular weight is 379 g/mol. The first-order valence-electron chi connectivity index (χ1n) is 8.57. The van der Waals surface area contributed by atoms with Gasteiger partial charge in [-0.15, -0.1) is 0 Å². The second-order valence-electron chi connectivity index (χ2n) is 6.25. The minimum absolute atomic E-state index is 0.111. The molecule has 3 aromatic heterocycles. The van der Waals surface area contributed by atoms with Gasteiger partial charge in [-0.2, -0.15) is 18.3 Å². The number of fused-ring (bicyclic) bond motifs is 1. The smallest absolute Gasteiger partial charge is 0.323 e. The van der Waals surface area contributed by atoms with Crippen molar-refractivity contribution in [2.75, 3.05) is 5.32 Å². The van der Waals surface area contributed by atoms with Gasteiger partial charge in [-0.1, -0.05) is 0 Å². The zero-order valence-corrected chi connectivity index (χ0v) is 15.3. The van der Waals surface area contributed by atoms with Crippen LogP contribution in [0.25, 0.3) is 11.0 Å². The predicted octanol–water partition coefficient (Wildman–Crippen LogP) is 3.92. The molecule has 0 atom stereocenters. The Morgan fingerprint density at radius 3 is 2.67 bits per heavy atom. The Morgan fingerprint density at radius 2 is 2.04 bits per heavy atom. The SMILES string of the molecule is CCn1nc(C)c(NC(=O)CCn2c(C(F)(F)F)cc3cccnc32)c1C. The van der Waals surface area contributed by atoms with E-state index in [9.17, 15) is 18.0 Å². The highest BCUT2D eigenvalue weighted by atomic mass is 19.4. The molecule has 0 saturated heterocycles. The number of nitrogens with zero attached hydrogens (tertiary/aromatic N) is 4. The molecule has 3 rings (SSSR count). The van der Waals surface area contributed by atoms with Gasteiger partial charge in [-0.05, 0) is 39.0 Å². The minimum Gasteiger partial charge on any atom is -0.323 e. The normalized spacial score (nSPS) is 11.9. The monoisotopic (exact) mass is 379 g/mol. The summed E-state index contributed by atoms with van der Waals surface area (Å²) in [5.41, 5.74) is 1.49. The highest BCUT2D eigenvalue weighted by Crippen LogP contribution is 2.33. The zero-order chi connectivity index (χ0) is 19.8. The lowest BCUT2D eigenvalue weighted by atomic mass is 10.3. The predicted molar refractivity (Wildman–Crippen MR) is 95.4 cm³/mol. The average Bonchev–Trinajstić information content (AvgIpc) is 3.12. The summed E-state index contributed by atoms with van der Waals surface area (Å²) < 4.78 is 42.8. The van der Waals surface area contributed by atoms with Crippen molar-refractivity contribution in [3.05, 3.63) is 41.5 Å². The topological polar surface area (TPSA) is 64.7 Å². The molecule has 3 heterocycles. The van der Waals surface area contributed by atoms with Gasteiger partial charge in [0, 0.05) is 31.1 Å². The fourth-order valence-corrected chi connectivity index (χ4v) is 3.15. The van der Waals surface area contributed by atoms with Crippen LogP contribution in [0.4, 0.5) is 18.9 Å². The van der Waals surface area contributed by atoms with Crippen molar-refractivity contribution in [2.24, 2.45) is 0 Å². The number of nitrogens with one attached hydrogen (secondary N) is 1. The zero-order valence-electron chi connectivity index (χ0n) is 15.3. The maximum Gasteiger partial charge on any atom is 0.431 e. The first kappa shape index (κ1) is 18.9. The molecule has 9 heteroatoms. The Balaban J connectivity index is 1.81. The van der Waals surface area contributed by atoms with Gasteiger partial charge in [-0.25, -0.2) is 4.98 Å². The van der Waals surface area contributed by atoms with Crippen LogP contribution in [0.5, 0.6) is 0 Å². The summed E-state index contributed by atoms with van der Waals surface area (Å²) in [7, 11) is 0. The van der Waals surface area contributed by atoms with E-state index in [0.29, 0.717) is 23.3 Å². The number of hydrogen-bond acceptors (Lipinski definition) is 3. The second-order valence-corrected chi connectivity index (χ2v) is 6.25. The summed E-state index contributed by atoms with van der Waals surface area (Å²) in [6.45, 7) is 6.09. The molecule has 3 aromatic rings. The Kier molecular flexibility index (Phi) is 4.95. The molecule has 0 radical (unpaired) electrons. The highest BCUT2D eigenvalue weighted by molar-refractivity contribution is 5.92. The molecule has 1 amide bonds. The molecule has 0 fully saturated rings. The fourth-order valence-electron chi connectivity index (χ4n) is 3.15. The maximum absolute atomic E-state index is 13.3. The van der Waals surface area contributed by atoms with Gasteiger partial charge in [0.2, 0.25) is 5.91 Å². The van der Waals surface area contributed by atoms with Gasteiger partial charge in [0.25, 0.3) is 0 Å². The Morgan fingerprint density at radius 1 is 1.30 bits per heavy atom. The van der Waals surface area contributed by atoms with Crippen molar-refractivity contribution in [2.45, 2.75) is 46.5 Å². The van der Waals surface area contributed by atoms with Crippen molar-refractivity contribution >= 4 is 22.6 Å². The van der Waals surface area contributed by atoms with Crippen LogP contribution in [0.2, 0.25) is 0 Å². The first-order chi connectivity index (χ1) is 12.7. The number of pyridine rings is 1. The number of amides is 1. The molecule has 6 nitrogen and oxygen atoms in total. The van der Waals surface area contributed by atoms with Crippen LogP contribution in [0.1, 0.15) is 30.4 Å². The van der Waals surface area contributed by atoms with Crippen molar-refractivity contribution in [3.63, 3.8) is 0 Å². The number of carbonyl (C=O) groups excluding carboxylic acids is 1. The van der Waals surface area contributed by atoms with Crippen LogP contribution in [-0.2, 0) is 24.1 Å². The van der Waals surface area contributed by atoms with E-state index in [0.717, 1.165) is 16.3 Å². The number of aryl methyl sites for hydroxylation is 3. The number of anilines is 1. The molecule has 0 saturated carbocycles. The fraction of sp³-hybridized carbons (Fsp3) is 0.389. The molecule has 0 aliphatic heterocycles. The van der Waals surface area contributed by atoms with Crippen LogP contribution in [0.15, 0.2) is 24.4 Å². The van der Waals surface area contributed by atoms with Crippen molar-refractivity contribution < 1.29 is 18.0 Å². The molecule has 0 spiro atoms. The highest BCUT2D eigenvalue weighted by Gasteiger charge is 2.35. The van der Waals surface area contributed by atoms with E-state index in [2.05, 4.69) is 15.4 Å². The Hall–Kier alpha value is -2.84. The molecule has 0 aliphatic rings. The van der Waals surface area contributed by atoms with Crippen LogP contribution >= 0.6 is 0 Å². The van der Waals surface area contributed by atoms with Crippen molar-refractivity contribution in [1.82, 2.24) is 19.3 Å². The standard InChI is InChI=1S/C18H20F3N5O/c1-4-26-12(3)16(11(2)24-26)23-15(27)7-9-25-14(18(19,20)21)10-13-6-5-8-22-17(13)25/h5-6,8,10H,4,7,9H2,1-3H3,(H,23,27). The molecular weight excluding hydrogens is 359 g/mol. The lowest BCUT2D eigenvalue weighted by Crippen LogP contribution is -2.19. The van der Waals surface area contributed by atoms with Crippen LogP contribution < -0.4 is 5.32 Å². The molecule has 0 bridgehead atoms. The number of aromatic nitrogens is 4. The molecule has 0 aliphatic carbocycles. The van der Waals surface area contributed by atoms with Crippen LogP contribution in [0, 0.1) is 13.8 Å². The summed E-state index contributed by atoms with van der Waals surface area (Å²) in [6.07, 6.45) is -3.20. The molecule has 27 heavy (non-hydrogen) atoms. The van der Waals surface area contributed by atoms with E-state index in [-0.39, 0.29) is 24.5 Å². The molecule has 0 unspecified atom stereocenters. The maximum atomic E-state index is 13.3. The van der Waals surface area contributed by atoms with Crippen molar-refractivity contribution in [1.29, 1.82) is 0 Å². The van der Waals surface area contributed by atoms with Crippen LogP contribution in [0.3, 0.4) is 0 Å². The minimum atomic E-state index is -4.52. The molecule has 0 aromatic carbocycles. The van der Waals surface area contributed by atoms with Crippen molar-refractivity contribution in [3.8, 4) is 0 Å². The number of hydrogen-bond donors (Lipinski definition) is 1. The molecule has 144 valence electrons. The summed E-state index contributed by atoms with van der Waals surface area (Å²) in [4.78, 5) is 16.4. The summed E-state index contributed by atoms with van der Waals surface area (Å²) in [5, 5.41) is 7.47. The third kappa shape index (κ3) is 3.67.